The number of alkyl carbamates (subject to hydrolysis) is 1. The molecule has 1 amide bonds. The summed E-state index contributed by atoms with van der Waals surface area (Å²) in [6.07, 6.45) is -1.69. The van der Waals surface area contributed by atoms with E-state index in [0.717, 1.165) is 21.4 Å². The number of hydrogen-bond acceptors (Lipinski definition) is 9. The summed E-state index contributed by atoms with van der Waals surface area (Å²) in [5.74, 6) is 0.0990. The van der Waals surface area contributed by atoms with Crippen molar-refractivity contribution < 1.29 is 33.7 Å². The highest BCUT2D eigenvalue weighted by Gasteiger charge is 2.22. The van der Waals surface area contributed by atoms with Crippen LogP contribution in [-0.2, 0) is 19.1 Å². The largest absolute Gasteiger partial charge is 0.484 e. The van der Waals surface area contributed by atoms with Crippen molar-refractivity contribution in [3.63, 3.8) is 0 Å². The quantitative estimate of drug-likeness (QED) is 0.105. The van der Waals surface area contributed by atoms with Gasteiger partial charge in [-0.05, 0) is 36.2 Å². The molecule has 1 aromatic heterocycles. The van der Waals surface area contributed by atoms with E-state index >= 15 is 0 Å². The topological polar surface area (TPSA) is 126 Å². The Morgan fingerprint density at radius 2 is 1.83 bits per heavy atom. The summed E-state index contributed by atoms with van der Waals surface area (Å²) in [5.41, 5.74) is 0. The third-order valence-electron chi connectivity index (χ3n) is 5.10. The molecule has 0 aliphatic rings. The Morgan fingerprint density at radius 1 is 1.06 bits per heavy atom. The number of nitrogens with zero attached hydrogens (tertiary/aromatic N) is 1. The highest BCUT2D eigenvalue weighted by Crippen LogP contribution is 2.33. The average Bonchev–Trinajstić information content (AvgIpc) is 3.36. The molecule has 1 N–H and O–H groups in total. The first-order valence-corrected chi connectivity index (χ1v) is 12.3. The van der Waals surface area contributed by atoms with E-state index < -0.39 is 23.4 Å². The van der Waals surface area contributed by atoms with Crippen LogP contribution in [0, 0.1) is 10.1 Å². The van der Waals surface area contributed by atoms with Crippen molar-refractivity contribution in [3.8, 4) is 5.75 Å². The normalized spacial score (nSPS) is 13.3. The van der Waals surface area contributed by atoms with Crippen molar-refractivity contribution >= 4 is 34.2 Å². The van der Waals surface area contributed by atoms with Crippen molar-refractivity contribution in [2.75, 3.05) is 6.61 Å². The second-order valence-corrected chi connectivity index (χ2v) is 8.98. The molecule has 2 aromatic carbocycles. The molecular weight excluding hydrogens is 488 g/mol. The number of carbonyl (C=O) groups is 2. The fourth-order valence-corrected chi connectivity index (χ4v) is 4.31. The first kappa shape index (κ1) is 26.7. The Kier molecular flexibility index (Phi) is 9.87. The lowest BCUT2D eigenvalue weighted by atomic mass is 10.1. The van der Waals surface area contributed by atoms with E-state index in [1.807, 2.05) is 66.9 Å². The van der Waals surface area contributed by atoms with Gasteiger partial charge in [-0.15, -0.1) is 21.5 Å². The minimum Gasteiger partial charge on any atom is -0.484 e. The van der Waals surface area contributed by atoms with Crippen LogP contribution in [0.2, 0.25) is 0 Å². The molecule has 3 aromatic rings. The highest BCUT2D eigenvalue weighted by molar-refractivity contribution is 7.10. The van der Waals surface area contributed by atoms with Crippen LogP contribution in [0.25, 0.3) is 10.8 Å². The number of thiophene rings is 1. The molecule has 0 spiro atoms. The number of ether oxygens (including phenoxy) is 3. The Morgan fingerprint density at radius 3 is 2.58 bits per heavy atom. The van der Waals surface area contributed by atoms with Crippen molar-refractivity contribution in [2.45, 2.75) is 51.5 Å². The van der Waals surface area contributed by atoms with Gasteiger partial charge in [0.05, 0.1) is 6.61 Å². The molecule has 192 valence electrons. The monoisotopic (exact) mass is 516 g/mol. The number of fused-ring (bicyclic) bond motifs is 1. The van der Waals surface area contributed by atoms with Crippen LogP contribution in [0.5, 0.6) is 5.75 Å². The number of carbonyl (C=O) groups excluding carboxylic acids is 2. The summed E-state index contributed by atoms with van der Waals surface area (Å²) in [4.78, 5) is 39.4. The molecule has 3 atom stereocenters. The molecule has 2 unspecified atom stereocenters. The Bertz CT molecular complexity index is 1150. The molecule has 36 heavy (non-hydrogen) atoms. The van der Waals surface area contributed by atoms with Crippen molar-refractivity contribution in [1.82, 2.24) is 5.32 Å². The number of benzene rings is 2. The molecule has 3 rings (SSSR count). The summed E-state index contributed by atoms with van der Waals surface area (Å²) in [6.45, 7) is 3.02. The lowest BCUT2D eigenvalue weighted by molar-refractivity contribution is -0.757. The zero-order valence-electron chi connectivity index (χ0n) is 20.0. The van der Waals surface area contributed by atoms with E-state index in [4.69, 9.17) is 14.2 Å². The number of amides is 1. The highest BCUT2D eigenvalue weighted by atomic mass is 32.1. The van der Waals surface area contributed by atoms with Crippen LogP contribution >= 0.6 is 11.3 Å². The van der Waals surface area contributed by atoms with Crippen LogP contribution in [0.3, 0.4) is 0 Å². The molecule has 0 radical (unpaired) electrons. The summed E-state index contributed by atoms with van der Waals surface area (Å²) >= 11 is 1.57. The minimum atomic E-state index is -1.12. The van der Waals surface area contributed by atoms with Gasteiger partial charge in [-0.2, -0.15) is 0 Å². The van der Waals surface area contributed by atoms with E-state index in [0.29, 0.717) is 6.42 Å². The van der Waals surface area contributed by atoms with Crippen LogP contribution in [0.15, 0.2) is 60.0 Å². The number of nitrogens with one attached hydrogen (secondary N) is 1. The second kappa shape index (κ2) is 13.3. The predicted octanol–water partition coefficient (Wildman–Crippen LogP) is 5.40. The van der Waals surface area contributed by atoms with Crippen molar-refractivity contribution in [1.29, 1.82) is 0 Å². The number of esters is 1. The van der Waals surface area contributed by atoms with Gasteiger partial charge in [-0.25, -0.2) is 4.79 Å². The van der Waals surface area contributed by atoms with E-state index in [9.17, 15) is 19.7 Å². The second-order valence-electron chi connectivity index (χ2n) is 8.00. The van der Waals surface area contributed by atoms with Gasteiger partial charge in [0.25, 0.3) is 5.09 Å². The maximum absolute atomic E-state index is 12.3. The molecule has 0 saturated heterocycles. The molecule has 10 nitrogen and oxygen atoms in total. The zero-order chi connectivity index (χ0) is 25.9. The molecule has 0 aliphatic carbocycles. The first-order chi connectivity index (χ1) is 17.3. The van der Waals surface area contributed by atoms with Crippen LogP contribution in [-0.4, -0.2) is 36.1 Å². The van der Waals surface area contributed by atoms with Gasteiger partial charge in [0.2, 0.25) is 6.29 Å². The lowest BCUT2D eigenvalue weighted by Gasteiger charge is -2.23. The number of hydrogen-bond donors (Lipinski definition) is 1. The van der Waals surface area contributed by atoms with Gasteiger partial charge < -0.3 is 24.4 Å². The van der Waals surface area contributed by atoms with Gasteiger partial charge in [-0.3, -0.25) is 4.79 Å². The van der Waals surface area contributed by atoms with Crippen LogP contribution < -0.4 is 10.1 Å². The van der Waals surface area contributed by atoms with E-state index in [1.54, 1.807) is 11.3 Å². The maximum Gasteiger partial charge on any atom is 0.410 e. The Balaban J connectivity index is 1.52. The maximum atomic E-state index is 12.3. The Hall–Kier alpha value is -3.86. The van der Waals surface area contributed by atoms with Crippen LogP contribution in [0.4, 0.5) is 4.79 Å². The van der Waals surface area contributed by atoms with Crippen LogP contribution in [0.1, 0.15) is 44.1 Å². The van der Waals surface area contributed by atoms with Gasteiger partial charge in [-0.1, -0.05) is 42.5 Å². The third-order valence-corrected chi connectivity index (χ3v) is 6.07. The molecule has 1 heterocycles. The summed E-state index contributed by atoms with van der Waals surface area (Å²) in [5, 5.41) is 16.0. The summed E-state index contributed by atoms with van der Waals surface area (Å²) < 4.78 is 16.5. The third kappa shape index (κ3) is 8.42. The number of rotatable bonds is 13. The SMILES string of the molecule is CC(C[C@H](Oc1cccc2ccccc12)c1cccs1)NC(=O)OC(C)OC(=O)CCCO[N+](=O)[O-]. The minimum absolute atomic E-state index is 0.104. The first-order valence-electron chi connectivity index (χ1n) is 11.4. The Labute approximate surface area is 212 Å². The summed E-state index contributed by atoms with van der Waals surface area (Å²) in [6, 6.07) is 17.5. The molecule has 0 aliphatic heterocycles. The van der Waals surface area contributed by atoms with E-state index in [1.165, 1.54) is 6.92 Å². The average molecular weight is 517 g/mol. The fraction of sp³-hybridized carbons (Fsp3) is 0.360. The van der Waals surface area contributed by atoms with Crippen molar-refractivity contribution in [2.24, 2.45) is 0 Å². The van der Waals surface area contributed by atoms with Gasteiger partial charge >= 0.3 is 12.1 Å². The fourth-order valence-electron chi connectivity index (χ4n) is 3.54. The molecule has 0 saturated carbocycles. The molecule has 0 fully saturated rings. The molecule has 11 heteroatoms. The smallest absolute Gasteiger partial charge is 0.410 e. The summed E-state index contributed by atoms with van der Waals surface area (Å²) in [7, 11) is 0. The standard InChI is InChI=1S/C25H28N2O8S/c1-17(26-25(29)34-18(2)33-24(28)13-6-14-32-27(30)31)16-22(23-12-7-15-36-23)35-21-11-5-9-19-8-3-4-10-20(19)21/h3-5,7-12,15,17-18,22H,6,13-14,16H2,1-2H3,(H,26,29)/t17?,18?,22-/m0/s1. The van der Waals surface area contributed by atoms with Gasteiger partial charge in [0.1, 0.15) is 11.9 Å². The van der Waals surface area contributed by atoms with Crippen molar-refractivity contribution in [3.05, 3.63) is 75.0 Å². The lowest BCUT2D eigenvalue weighted by Crippen LogP contribution is -2.37. The van der Waals surface area contributed by atoms with E-state index in [2.05, 4.69) is 10.2 Å². The van der Waals surface area contributed by atoms with Gasteiger partial charge in [0.15, 0.2) is 0 Å². The molecular formula is C25H28N2O8S. The molecule has 0 bridgehead atoms. The van der Waals surface area contributed by atoms with E-state index in [-0.39, 0.29) is 31.6 Å². The van der Waals surface area contributed by atoms with Gasteiger partial charge in [0, 0.05) is 36.1 Å². The predicted molar refractivity (Wildman–Crippen MR) is 133 cm³/mol. The zero-order valence-corrected chi connectivity index (χ0v) is 20.8.